The van der Waals surface area contributed by atoms with Gasteiger partial charge in [-0.25, -0.2) is 0 Å². The average molecular weight is 385 g/mol. The van der Waals surface area contributed by atoms with Crippen LogP contribution in [0.4, 0.5) is 0 Å². The first-order chi connectivity index (χ1) is 12.0. The van der Waals surface area contributed by atoms with E-state index in [0.29, 0.717) is 19.5 Å². The maximum atomic E-state index is 10.1. The maximum absolute atomic E-state index is 10.1. The van der Waals surface area contributed by atoms with Crippen LogP contribution in [0.3, 0.4) is 0 Å². The number of aliphatic hydroxyl groups is 2. The number of rotatable bonds is 16. The molecule has 7 nitrogen and oxygen atoms in total. The summed E-state index contributed by atoms with van der Waals surface area (Å²) in [5, 5.41) is 35.7. The molecule has 26 heavy (non-hydrogen) atoms. The van der Waals surface area contributed by atoms with Gasteiger partial charge in [0.15, 0.2) is 0 Å². The van der Waals surface area contributed by atoms with Gasteiger partial charge in [0.1, 0.15) is 0 Å². The second kappa shape index (κ2) is 24.8. The molecule has 0 aromatic rings. The van der Waals surface area contributed by atoms with E-state index in [9.17, 15) is 14.7 Å². The number of unbranched alkanes of at least 4 members (excludes halogenated alkanes) is 6. The third kappa shape index (κ3) is 28.6. The number of nitrogens with zero attached hydrogens (tertiary/aromatic N) is 1. The molecule has 150 valence electrons. The van der Waals surface area contributed by atoms with Gasteiger partial charge in [0.25, 0.3) is 0 Å². The molecule has 0 bridgehead atoms. The first-order valence-corrected chi connectivity index (χ1v) is 9.33. The van der Waals surface area contributed by atoms with Gasteiger partial charge >= 0.3 is 35.5 Å². The van der Waals surface area contributed by atoms with Crippen LogP contribution in [-0.4, -0.2) is 65.0 Å². The van der Waals surface area contributed by atoms with E-state index in [1.165, 1.54) is 0 Å². The molecule has 0 aliphatic carbocycles. The fraction of sp³-hybridized carbons (Fsp3) is 0.889. The quantitative estimate of drug-likeness (QED) is 0.208. The average Bonchev–Trinajstić information content (AvgIpc) is 2.55. The Hall–Kier alpha value is -0.180. The zero-order chi connectivity index (χ0) is 19.3. The number of carbonyl (C=O) groups is 2. The first kappa shape index (κ1) is 30.5. The van der Waals surface area contributed by atoms with Gasteiger partial charge in [-0.3, -0.25) is 9.69 Å². The summed E-state index contributed by atoms with van der Waals surface area (Å²) in [6.45, 7) is 4.85. The van der Waals surface area contributed by atoms with Crippen LogP contribution in [0.1, 0.15) is 71.1 Å². The van der Waals surface area contributed by atoms with Crippen molar-refractivity contribution in [1.29, 1.82) is 0 Å². The van der Waals surface area contributed by atoms with Crippen LogP contribution >= 0.6 is 0 Å². The molecule has 0 aromatic carbocycles. The summed E-state index contributed by atoms with van der Waals surface area (Å²) >= 11 is 0. The Labute approximate surface area is 180 Å². The minimum Gasteiger partial charge on any atom is -0.550 e. The molecule has 0 unspecified atom stereocenters. The number of carboxylic acid groups (broad SMARTS) is 2. The standard InChI is InChI=1S/C10H18O4.C8H19NO2.Na/c11-9(12)7-5-3-1-2-4-6-8-10(13)14;1-2-3-4-9(5-7-10)6-8-11;/h1-8H2,(H,11,12)(H,13,14);10-11H,2-8H2,1H3;/q;;+1/p-1. The summed E-state index contributed by atoms with van der Waals surface area (Å²) in [6, 6.07) is 0. The van der Waals surface area contributed by atoms with Crippen molar-refractivity contribution < 1.29 is 59.6 Å². The molecule has 0 saturated heterocycles. The number of hydrogen-bond donors (Lipinski definition) is 3. The number of hydrogen-bond acceptors (Lipinski definition) is 6. The molecule has 0 saturated carbocycles. The van der Waals surface area contributed by atoms with E-state index in [1.807, 2.05) is 0 Å². The predicted octanol–water partition coefficient (Wildman–Crippen LogP) is -1.98. The van der Waals surface area contributed by atoms with Crippen molar-refractivity contribution in [3.05, 3.63) is 0 Å². The van der Waals surface area contributed by atoms with Crippen LogP contribution in [0.25, 0.3) is 0 Å². The van der Waals surface area contributed by atoms with Crippen molar-refractivity contribution >= 4 is 11.9 Å². The topological polar surface area (TPSA) is 121 Å². The van der Waals surface area contributed by atoms with Crippen LogP contribution < -0.4 is 34.7 Å². The SMILES string of the molecule is CCCCN(CCO)CCO.O=C([O-])CCCCCCCCC(=O)O.[Na+]. The molecule has 0 spiro atoms. The van der Waals surface area contributed by atoms with Gasteiger partial charge in [0.05, 0.1) is 13.2 Å². The smallest absolute Gasteiger partial charge is 0.550 e. The summed E-state index contributed by atoms with van der Waals surface area (Å²) in [4.78, 5) is 22.2. The summed E-state index contributed by atoms with van der Waals surface area (Å²) in [5.74, 6) is -1.74. The van der Waals surface area contributed by atoms with Crippen molar-refractivity contribution in [2.24, 2.45) is 0 Å². The molecular formula is C18H36NNaO6. The minimum atomic E-state index is -0.990. The van der Waals surface area contributed by atoms with E-state index >= 15 is 0 Å². The van der Waals surface area contributed by atoms with E-state index in [2.05, 4.69) is 11.8 Å². The number of carboxylic acids is 2. The third-order valence-electron chi connectivity index (χ3n) is 3.68. The molecule has 0 aliphatic rings. The third-order valence-corrected chi connectivity index (χ3v) is 3.68. The molecular weight excluding hydrogens is 349 g/mol. The van der Waals surface area contributed by atoms with Gasteiger partial charge in [-0.1, -0.05) is 39.0 Å². The van der Waals surface area contributed by atoms with Gasteiger partial charge in [-0.2, -0.15) is 0 Å². The van der Waals surface area contributed by atoms with Crippen LogP contribution in [0.5, 0.6) is 0 Å². The van der Waals surface area contributed by atoms with Crippen LogP contribution in [0.15, 0.2) is 0 Å². The zero-order valence-electron chi connectivity index (χ0n) is 16.6. The minimum absolute atomic E-state index is 0. The Morgan fingerprint density at radius 3 is 1.65 bits per heavy atom. The van der Waals surface area contributed by atoms with Crippen LogP contribution in [0, 0.1) is 0 Å². The van der Waals surface area contributed by atoms with Crippen molar-refractivity contribution in [2.45, 2.75) is 71.1 Å². The molecule has 3 N–H and O–H groups in total. The van der Waals surface area contributed by atoms with E-state index < -0.39 is 11.9 Å². The Morgan fingerprint density at radius 2 is 1.27 bits per heavy atom. The summed E-state index contributed by atoms with van der Waals surface area (Å²) in [7, 11) is 0. The largest absolute Gasteiger partial charge is 1.00 e. The van der Waals surface area contributed by atoms with E-state index in [-0.39, 0.29) is 55.6 Å². The van der Waals surface area contributed by atoms with E-state index in [4.69, 9.17) is 15.3 Å². The summed E-state index contributed by atoms with van der Waals surface area (Å²) < 4.78 is 0. The second-order valence-corrected chi connectivity index (χ2v) is 6.03. The van der Waals surface area contributed by atoms with Crippen LogP contribution in [-0.2, 0) is 9.59 Å². The number of carbonyl (C=O) groups excluding carboxylic acids is 1. The predicted molar refractivity (Wildman–Crippen MR) is 95.1 cm³/mol. The molecule has 8 heteroatoms. The van der Waals surface area contributed by atoms with E-state index in [0.717, 1.165) is 51.5 Å². The zero-order valence-corrected chi connectivity index (χ0v) is 18.6. The summed E-state index contributed by atoms with van der Waals surface area (Å²) in [6.07, 6.45) is 7.82. The summed E-state index contributed by atoms with van der Waals surface area (Å²) in [5.41, 5.74) is 0. The molecule has 0 aliphatic heterocycles. The van der Waals surface area contributed by atoms with Gasteiger partial charge in [-0.05, 0) is 32.2 Å². The fourth-order valence-corrected chi connectivity index (χ4v) is 2.25. The van der Waals surface area contributed by atoms with Gasteiger partial charge in [0, 0.05) is 25.5 Å². The van der Waals surface area contributed by atoms with E-state index in [1.54, 1.807) is 0 Å². The van der Waals surface area contributed by atoms with Crippen LogP contribution in [0.2, 0.25) is 0 Å². The molecule has 0 rings (SSSR count). The molecule has 0 amide bonds. The molecule has 0 atom stereocenters. The fourth-order valence-electron chi connectivity index (χ4n) is 2.25. The monoisotopic (exact) mass is 385 g/mol. The first-order valence-electron chi connectivity index (χ1n) is 9.33. The Kier molecular flexibility index (Phi) is 29.2. The van der Waals surface area contributed by atoms with Crippen molar-refractivity contribution in [2.75, 3.05) is 32.8 Å². The Morgan fingerprint density at radius 1 is 0.808 bits per heavy atom. The normalized spacial score (nSPS) is 10.0. The van der Waals surface area contributed by atoms with Crippen molar-refractivity contribution in [3.8, 4) is 0 Å². The van der Waals surface area contributed by atoms with Gasteiger partial charge in [0.2, 0.25) is 0 Å². The second-order valence-electron chi connectivity index (χ2n) is 6.03. The molecule has 0 aromatic heterocycles. The maximum Gasteiger partial charge on any atom is 1.00 e. The van der Waals surface area contributed by atoms with Gasteiger partial charge < -0.3 is 25.2 Å². The Balaban J connectivity index is -0.000000402. The molecule has 0 heterocycles. The molecule has 0 radical (unpaired) electrons. The number of aliphatic carboxylic acids is 2. The molecule has 0 fully saturated rings. The Bertz CT molecular complexity index is 292. The van der Waals surface area contributed by atoms with Crippen molar-refractivity contribution in [1.82, 2.24) is 4.90 Å². The van der Waals surface area contributed by atoms with Crippen molar-refractivity contribution in [3.63, 3.8) is 0 Å². The number of aliphatic hydroxyl groups excluding tert-OH is 2. The van der Waals surface area contributed by atoms with Gasteiger partial charge in [-0.15, -0.1) is 0 Å².